The summed E-state index contributed by atoms with van der Waals surface area (Å²) >= 11 is 7.55. The van der Waals surface area contributed by atoms with E-state index < -0.39 is 0 Å². The van der Waals surface area contributed by atoms with Gasteiger partial charge in [0.25, 0.3) is 0 Å². The maximum Gasteiger partial charge on any atom is 0.0958 e. The van der Waals surface area contributed by atoms with Crippen molar-refractivity contribution in [2.45, 2.75) is 25.9 Å². The Morgan fingerprint density at radius 2 is 2.24 bits per heavy atom. The van der Waals surface area contributed by atoms with E-state index in [1.807, 2.05) is 24.5 Å². The largest absolute Gasteiger partial charge is 0.331 e. The average Bonchev–Trinajstić information content (AvgIpc) is 3.10. The predicted molar refractivity (Wildman–Crippen MR) is 90.1 cm³/mol. The summed E-state index contributed by atoms with van der Waals surface area (Å²) in [4.78, 5) is 4.41. The monoisotopic (exact) mass is 319 g/mol. The average molecular weight is 320 g/mol. The number of thiophene rings is 1. The van der Waals surface area contributed by atoms with Crippen molar-refractivity contribution in [3.05, 3.63) is 51.9 Å². The van der Waals surface area contributed by atoms with E-state index in [4.69, 9.17) is 11.6 Å². The lowest BCUT2D eigenvalue weighted by Crippen LogP contribution is -2.20. The van der Waals surface area contributed by atoms with E-state index in [0.717, 1.165) is 29.4 Å². The van der Waals surface area contributed by atoms with Crippen LogP contribution in [0.1, 0.15) is 24.9 Å². The van der Waals surface area contributed by atoms with Gasteiger partial charge >= 0.3 is 0 Å². The van der Waals surface area contributed by atoms with Crippen LogP contribution in [0.5, 0.6) is 0 Å². The Kier molecular flexibility index (Phi) is 4.58. The van der Waals surface area contributed by atoms with Crippen molar-refractivity contribution in [1.29, 1.82) is 0 Å². The molecule has 1 N–H and O–H groups in total. The van der Waals surface area contributed by atoms with E-state index in [2.05, 4.69) is 39.3 Å². The SMILES string of the molecule is CC(NCCCn1cnc2ccccc21)c1csc(Cl)c1. The molecule has 3 nitrogen and oxygen atoms in total. The molecule has 1 unspecified atom stereocenters. The first kappa shape index (κ1) is 14.6. The highest BCUT2D eigenvalue weighted by Crippen LogP contribution is 2.24. The minimum Gasteiger partial charge on any atom is -0.331 e. The van der Waals surface area contributed by atoms with Gasteiger partial charge in [-0.2, -0.15) is 0 Å². The molecule has 1 aromatic carbocycles. The quantitative estimate of drug-likeness (QED) is 0.678. The Labute approximate surface area is 133 Å². The van der Waals surface area contributed by atoms with Crippen LogP contribution in [-0.4, -0.2) is 16.1 Å². The minimum atomic E-state index is 0.341. The van der Waals surface area contributed by atoms with E-state index in [-0.39, 0.29) is 0 Å². The zero-order valence-corrected chi connectivity index (χ0v) is 13.5. The van der Waals surface area contributed by atoms with Crippen LogP contribution in [-0.2, 0) is 6.54 Å². The second-order valence-electron chi connectivity index (χ2n) is 5.14. The molecular weight excluding hydrogens is 302 g/mol. The maximum absolute atomic E-state index is 5.97. The van der Waals surface area contributed by atoms with Gasteiger partial charge < -0.3 is 9.88 Å². The molecule has 3 rings (SSSR count). The number of hydrogen-bond donors (Lipinski definition) is 1. The highest BCUT2D eigenvalue weighted by atomic mass is 35.5. The predicted octanol–water partition coefficient (Wildman–Crippen LogP) is 4.49. The van der Waals surface area contributed by atoms with Crippen molar-refractivity contribution >= 4 is 34.0 Å². The van der Waals surface area contributed by atoms with Crippen LogP contribution in [0.4, 0.5) is 0 Å². The maximum atomic E-state index is 5.97. The van der Waals surface area contributed by atoms with E-state index in [0.29, 0.717) is 6.04 Å². The molecule has 3 aromatic rings. The molecular formula is C16H18ClN3S. The number of hydrogen-bond acceptors (Lipinski definition) is 3. The second-order valence-corrected chi connectivity index (χ2v) is 6.68. The third kappa shape index (κ3) is 3.46. The normalized spacial score (nSPS) is 12.9. The van der Waals surface area contributed by atoms with Gasteiger partial charge in [0.2, 0.25) is 0 Å². The fourth-order valence-electron chi connectivity index (χ4n) is 2.42. The number of para-hydroxylation sites is 2. The van der Waals surface area contributed by atoms with E-state index in [9.17, 15) is 0 Å². The number of halogens is 1. The molecule has 0 fully saturated rings. The molecule has 0 radical (unpaired) electrons. The van der Waals surface area contributed by atoms with Gasteiger partial charge in [0, 0.05) is 12.6 Å². The van der Waals surface area contributed by atoms with Crippen LogP contribution in [0, 0.1) is 0 Å². The van der Waals surface area contributed by atoms with E-state index in [1.54, 1.807) is 11.3 Å². The molecule has 110 valence electrons. The molecule has 2 heterocycles. The van der Waals surface area contributed by atoms with Gasteiger partial charge in [-0.3, -0.25) is 0 Å². The van der Waals surface area contributed by atoms with Gasteiger partial charge in [-0.05, 0) is 49.0 Å². The summed E-state index contributed by atoms with van der Waals surface area (Å²) in [6, 6.07) is 10.6. The molecule has 0 spiro atoms. The number of imidazole rings is 1. The van der Waals surface area contributed by atoms with Gasteiger partial charge in [-0.15, -0.1) is 11.3 Å². The van der Waals surface area contributed by atoms with Crippen molar-refractivity contribution < 1.29 is 0 Å². The molecule has 0 aliphatic rings. The van der Waals surface area contributed by atoms with Gasteiger partial charge in [0.15, 0.2) is 0 Å². The highest BCUT2D eigenvalue weighted by molar-refractivity contribution is 7.14. The standard InChI is InChI=1S/C16H18ClN3S/c1-12(13-9-16(17)21-10-13)18-7-4-8-20-11-19-14-5-2-3-6-15(14)20/h2-3,5-6,9-12,18H,4,7-8H2,1H3. The van der Waals surface area contributed by atoms with Crippen LogP contribution in [0.15, 0.2) is 42.0 Å². The Hall–Kier alpha value is -1.36. The van der Waals surface area contributed by atoms with Crippen LogP contribution >= 0.6 is 22.9 Å². The summed E-state index contributed by atoms with van der Waals surface area (Å²) in [5.74, 6) is 0. The second kappa shape index (κ2) is 6.60. The Morgan fingerprint density at radius 1 is 1.38 bits per heavy atom. The fraction of sp³-hybridized carbons (Fsp3) is 0.312. The zero-order chi connectivity index (χ0) is 14.7. The summed E-state index contributed by atoms with van der Waals surface area (Å²) < 4.78 is 3.06. The topological polar surface area (TPSA) is 29.9 Å². The molecule has 0 saturated heterocycles. The number of nitrogens with zero attached hydrogens (tertiary/aromatic N) is 2. The van der Waals surface area contributed by atoms with Gasteiger partial charge in [0.1, 0.15) is 0 Å². The summed E-state index contributed by atoms with van der Waals surface area (Å²) in [6.07, 6.45) is 3.00. The number of fused-ring (bicyclic) bond motifs is 1. The fourth-order valence-corrected chi connectivity index (χ4v) is 3.41. The van der Waals surface area contributed by atoms with Crippen LogP contribution < -0.4 is 5.32 Å². The first-order chi connectivity index (χ1) is 10.2. The number of benzene rings is 1. The minimum absolute atomic E-state index is 0.341. The van der Waals surface area contributed by atoms with Crippen molar-refractivity contribution in [3.8, 4) is 0 Å². The molecule has 0 amide bonds. The highest BCUT2D eigenvalue weighted by Gasteiger charge is 2.07. The lowest BCUT2D eigenvalue weighted by Gasteiger charge is -2.12. The summed E-state index contributed by atoms with van der Waals surface area (Å²) in [7, 11) is 0. The molecule has 0 aliphatic heterocycles. The summed E-state index contributed by atoms with van der Waals surface area (Å²) in [5, 5.41) is 5.65. The molecule has 2 aromatic heterocycles. The van der Waals surface area contributed by atoms with Crippen molar-refractivity contribution in [3.63, 3.8) is 0 Å². The molecule has 0 saturated carbocycles. The first-order valence-electron chi connectivity index (χ1n) is 7.11. The molecule has 21 heavy (non-hydrogen) atoms. The first-order valence-corrected chi connectivity index (χ1v) is 8.37. The molecule has 0 aliphatic carbocycles. The van der Waals surface area contributed by atoms with Crippen LogP contribution in [0.25, 0.3) is 11.0 Å². The third-order valence-corrected chi connectivity index (χ3v) is 4.75. The molecule has 0 bridgehead atoms. The summed E-state index contributed by atoms with van der Waals surface area (Å²) in [6.45, 7) is 4.12. The zero-order valence-electron chi connectivity index (χ0n) is 11.9. The Balaban J connectivity index is 1.50. The third-order valence-electron chi connectivity index (χ3n) is 3.64. The Morgan fingerprint density at radius 3 is 3.05 bits per heavy atom. The van der Waals surface area contributed by atoms with E-state index in [1.165, 1.54) is 11.1 Å². The van der Waals surface area contributed by atoms with Crippen LogP contribution in [0.3, 0.4) is 0 Å². The number of rotatable bonds is 6. The molecule has 5 heteroatoms. The van der Waals surface area contributed by atoms with Crippen molar-refractivity contribution in [1.82, 2.24) is 14.9 Å². The van der Waals surface area contributed by atoms with E-state index >= 15 is 0 Å². The van der Waals surface area contributed by atoms with Crippen molar-refractivity contribution in [2.24, 2.45) is 0 Å². The molecule has 1 atom stereocenters. The van der Waals surface area contributed by atoms with Gasteiger partial charge in [0.05, 0.1) is 21.7 Å². The van der Waals surface area contributed by atoms with Crippen LogP contribution in [0.2, 0.25) is 4.34 Å². The smallest absolute Gasteiger partial charge is 0.0958 e. The van der Waals surface area contributed by atoms with Gasteiger partial charge in [-0.25, -0.2) is 4.98 Å². The summed E-state index contributed by atoms with van der Waals surface area (Å²) in [5.41, 5.74) is 3.53. The van der Waals surface area contributed by atoms with Crippen molar-refractivity contribution in [2.75, 3.05) is 6.54 Å². The lowest BCUT2D eigenvalue weighted by atomic mass is 10.2. The lowest BCUT2D eigenvalue weighted by molar-refractivity contribution is 0.531. The number of nitrogens with one attached hydrogen (secondary N) is 1. The number of aryl methyl sites for hydroxylation is 1. The number of aromatic nitrogens is 2. The Bertz CT molecular complexity index is 719. The van der Waals surface area contributed by atoms with Gasteiger partial charge in [-0.1, -0.05) is 23.7 Å².